The number of nitrogens with one attached hydrogen (secondary N) is 1. The molecule has 0 fully saturated rings. The average molecular weight is 304 g/mol. The molecule has 0 aliphatic carbocycles. The molecule has 1 heterocycles. The molecule has 1 rings (SSSR count). The predicted octanol–water partition coefficient (Wildman–Crippen LogP) is 1.44. The van der Waals surface area contributed by atoms with E-state index in [-0.39, 0.29) is 5.09 Å². The first-order valence-electron chi connectivity index (χ1n) is 6.78. The van der Waals surface area contributed by atoms with Crippen molar-refractivity contribution in [2.45, 2.75) is 31.4 Å². The van der Waals surface area contributed by atoms with Crippen LogP contribution in [-0.2, 0) is 21.3 Å². The number of furan rings is 1. The van der Waals surface area contributed by atoms with Crippen LogP contribution in [0.2, 0.25) is 0 Å². The second-order valence-corrected chi connectivity index (χ2v) is 6.73. The van der Waals surface area contributed by atoms with Crippen LogP contribution < -0.4 is 5.32 Å². The summed E-state index contributed by atoms with van der Waals surface area (Å²) in [7, 11) is -0.536. The van der Waals surface area contributed by atoms with Gasteiger partial charge in [0.15, 0.2) is 0 Å². The molecule has 1 aromatic rings. The first kappa shape index (κ1) is 17.2. The smallest absolute Gasteiger partial charge is 0.275 e. The highest BCUT2D eigenvalue weighted by Gasteiger charge is 2.21. The van der Waals surface area contributed by atoms with Gasteiger partial charge >= 0.3 is 0 Å². The standard InChI is InChI=1S/C13H24N2O4S/c1-4-5-9-18-10-8-14-11-12-6-7-13(19-12)20(16,17)15(2)3/h6-7,14H,4-5,8-11H2,1-3H3. The number of hydrogen-bond donors (Lipinski definition) is 1. The van der Waals surface area contributed by atoms with Crippen molar-refractivity contribution in [1.29, 1.82) is 0 Å². The molecule has 20 heavy (non-hydrogen) atoms. The molecular weight excluding hydrogens is 280 g/mol. The normalized spacial score (nSPS) is 12.2. The third-order valence-electron chi connectivity index (χ3n) is 2.74. The lowest BCUT2D eigenvalue weighted by Crippen LogP contribution is -2.21. The van der Waals surface area contributed by atoms with E-state index < -0.39 is 10.0 Å². The van der Waals surface area contributed by atoms with Gasteiger partial charge in [-0.15, -0.1) is 0 Å². The van der Waals surface area contributed by atoms with Gasteiger partial charge in [-0.2, -0.15) is 0 Å². The minimum absolute atomic E-state index is 0.0292. The molecule has 0 radical (unpaired) electrons. The zero-order chi connectivity index (χ0) is 15.0. The first-order valence-corrected chi connectivity index (χ1v) is 8.22. The lowest BCUT2D eigenvalue weighted by molar-refractivity contribution is 0.132. The molecule has 0 saturated heterocycles. The lowest BCUT2D eigenvalue weighted by Gasteiger charge is -2.08. The highest BCUT2D eigenvalue weighted by Crippen LogP contribution is 2.16. The summed E-state index contributed by atoms with van der Waals surface area (Å²) >= 11 is 0. The fourth-order valence-corrected chi connectivity index (χ4v) is 2.29. The second-order valence-electron chi connectivity index (χ2n) is 4.65. The van der Waals surface area contributed by atoms with Crippen LogP contribution >= 0.6 is 0 Å². The van der Waals surface area contributed by atoms with Gasteiger partial charge in [0.05, 0.1) is 13.2 Å². The lowest BCUT2D eigenvalue weighted by atomic mass is 10.4. The van der Waals surface area contributed by atoms with Gasteiger partial charge in [0.1, 0.15) is 5.76 Å². The topological polar surface area (TPSA) is 71.8 Å². The van der Waals surface area contributed by atoms with Gasteiger partial charge in [0.2, 0.25) is 5.09 Å². The first-order chi connectivity index (χ1) is 9.48. The molecule has 0 bridgehead atoms. The molecule has 7 heteroatoms. The summed E-state index contributed by atoms with van der Waals surface area (Å²) in [6, 6.07) is 3.14. The summed E-state index contributed by atoms with van der Waals surface area (Å²) in [4.78, 5) is 0. The van der Waals surface area contributed by atoms with Gasteiger partial charge in [-0.3, -0.25) is 0 Å². The van der Waals surface area contributed by atoms with Gasteiger partial charge in [-0.25, -0.2) is 12.7 Å². The Balaban J connectivity index is 2.31. The summed E-state index contributed by atoms with van der Waals surface area (Å²) in [6.45, 7) is 4.74. The van der Waals surface area contributed by atoms with Crippen molar-refractivity contribution in [1.82, 2.24) is 9.62 Å². The van der Waals surface area contributed by atoms with Crippen molar-refractivity contribution >= 4 is 10.0 Å². The van der Waals surface area contributed by atoms with Gasteiger partial charge in [0.25, 0.3) is 10.0 Å². The van der Waals surface area contributed by atoms with E-state index in [0.29, 0.717) is 25.5 Å². The monoisotopic (exact) mass is 304 g/mol. The summed E-state index contributed by atoms with van der Waals surface area (Å²) in [5.41, 5.74) is 0. The number of sulfonamides is 1. The highest BCUT2D eigenvalue weighted by molar-refractivity contribution is 7.88. The van der Waals surface area contributed by atoms with E-state index in [9.17, 15) is 8.42 Å². The molecule has 0 unspecified atom stereocenters. The van der Waals surface area contributed by atoms with Crippen LogP contribution in [0.25, 0.3) is 0 Å². The second kappa shape index (κ2) is 8.41. The predicted molar refractivity (Wildman–Crippen MR) is 77.0 cm³/mol. The fourth-order valence-electron chi connectivity index (χ4n) is 1.48. The van der Waals surface area contributed by atoms with Crippen LogP contribution in [0.1, 0.15) is 25.5 Å². The molecule has 0 amide bonds. The molecule has 0 aromatic carbocycles. The molecule has 6 nitrogen and oxygen atoms in total. The van der Waals surface area contributed by atoms with Crippen LogP contribution in [0.3, 0.4) is 0 Å². The molecular formula is C13H24N2O4S. The number of hydrogen-bond acceptors (Lipinski definition) is 5. The van der Waals surface area contributed by atoms with E-state index in [1.54, 1.807) is 6.07 Å². The summed E-state index contributed by atoms with van der Waals surface area (Å²) in [5.74, 6) is 0.596. The quantitative estimate of drug-likeness (QED) is 0.662. The maximum Gasteiger partial charge on any atom is 0.275 e. The van der Waals surface area contributed by atoms with E-state index in [0.717, 1.165) is 23.8 Å². The van der Waals surface area contributed by atoms with E-state index >= 15 is 0 Å². The maximum absolute atomic E-state index is 11.8. The van der Waals surface area contributed by atoms with E-state index in [1.165, 1.54) is 20.2 Å². The molecule has 1 aromatic heterocycles. The van der Waals surface area contributed by atoms with Crippen LogP contribution in [-0.4, -0.2) is 46.6 Å². The summed E-state index contributed by atoms with van der Waals surface area (Å²) < 4.78 is 35.5. The van der Waals surface area contributed by atoms with E-state index in [1.807, 2.05) is 0 Å². The Morgan fingerprint density at radius 2 is 2.05 bits per heavy atom. The molecule has 0 aliphatic rings. The third kappa shape index (κ3) is 5.24. The Bertz CT molecular complexity index is 482. The van der Waals surface area contributed by atoms with Gasteiger partial charge in [-0.1, -0.05) is 13.3 Å². The number of nitrogens with zero attached hydrogens (tertiary/aromatic N) is 1. The number of rotatable bonds is 10. The van der Waals surface area contributed by atoms with Crippen LogP contribution in [0, 0.1) is 0 Å². The summed E-state index contributed by atoms with van der Waals surface area (Å²) in [6.07, 6.45) is 2.20. The van der Waals surface area contributed by atoms with Gasteiger partial charge in [0, 0.05) is 27.2 Å². The molecule has 0 aliphatic heterocycles. The van der Waals surface area contributed by atoms with Gasteiger partial charge < -0.3 is 14.5 Å². The third-order valence-corrected chi connectivity index (χ3v) is 4.43. The van der Waals surface area contributed by atoms with E-state index in [2.05, 4.69) is 12.2 Å². The highest BCUT2D eigenvalue weighted by atomic mass is 32.2. The van der Waals surface area contributed by atoms with Crippen molar-refractivity contribution in [3.8, 4) is 0 Å². The van der Waals surface area contributed by atoms with Gasteiger partial charge in [-0.05, 0) is 18.6 Å². The average Bonchev–Trinajstić information content (AvgIpc) is 2.87. The Labute approximate surface area is 121 Å². The van der Waals surface area contributed by atoms with E-state index in [4.69, 9.17) is 9.15 Å². The van der Waals surface area contributed by atoms with Crippen molar-refractivity contribution in [3.63, 3.8) is 0 Å². The van der Waals surface area contributed by atoms with Crippen LogP contribution in [0.15, 0.2) is 21.6 Å². The number of unbranched alkanes of at least 4 members (excludes halogenated alkanes) is 1. The van der Waals surface area contributed by atoms with Crippen molar-refractivity contribution < 1.29 is 17.6 Å². The molecule has 0 spiro atoms. The summed E-state index contributed by atoms with van der Waals surface area (Å²) in [5, 5.41) is 3.12. The number of ether oxygens (including phenoxy) is 1. The Hall–Kier alpha value is -0.890. The zero-order valence-electron chi connectivity index (χ0n) is 12.4. The Morgan fingerprint density at radius 3 is 2.70 bits per heavy atom. The Morgan fingerprint density at radius 1 is 1.30 bits per heavy atom. The van der Waals surface area contributed by atoms with Crippen LogP contribution in [0.5, 0.6) is 0 Å². The van der Waals surface area contributed by atoms with Crippen molar-refractivity contribution in [2.24, 2.45) is 0 Å². The van der Waals surface area contributed by atoms with Crippen LogP contribution in [0.4, 0.5) is 0 Å². The van der Waals surface area contributed by atoms with Crippen molar-refractivity contribution in [3.05, 3.63) is 17.9 Å². The zero-order valence-corrected chi connectivity index (χ0v) is 13.2. The maximum atomic E-state index is 11.8. The molecule has 116 valence electrons. The van der Waals surface area contributed by atoms with Crippen molar-refractivity contribution in [2.75, 3.05) is 33.9 Å². The Kier molecular flexibility index (Phi) is 7.22. The largest absolute Gasteiger partial charge is 0.447 e. The SMILES string of the molecule is CCCCOCCNCc1ccc(S(=O)(=O)N(C)C)o1. The molecule has 1 N–H and O–H groups in total. The molecule has 0 saturated carbocycles. The minimum Gasteiger partial charge on any atom is -0.447 e. The molecule has 0 atom stereocenters. The fraction of sp³-hybridized carbons (Fsp3) is 0.692. The minimum atomic E-state index is -3.49.